The molecular weight excluding hydrogens is 155 g/mol. The first kappa shape index (κ1) is 7.71. The average molecular weight is 166 g/mol. The topological polar surface area (TPSA) is 24.1 Å². The monoisotopic (exact) mass is 166 g/mol. The Morgan fingerprint density at radius 3 is 3.00 bits per heavy atom. The summed E-state index contributed by atoms with van der Waals surface area (Å²) in [6.45, 7) is 0.946. The van der Waals surface area contributed by atoms with E-state index in [1.807, 2.05) is 6.07 Å². The molecule has 0 spiro atoms. The lowest BCUT2D eigenvalue weighted by Gasteiger charge is -2.08. The fourth-order valence-electron chi connectivity index (χ4n) is 1.46. The van der Waals surface area contributed by atoms with Gasteiger partial charge in [-0.1, -0.05) is 12.1 Å². The number of hydrogen-bond acceptors (Lipinski definition) is 2. The molecule has 1 heterocycles. The number of rotatable bonds is 1. The van der Waals surface area contributed by atoms with Gasteiger partial charge < -0.3 is 0 Å². The highest BCUT2D eigenvalue weighted by Crippen LogP contribution is 2.18. The molecular formula is C9H11FN2. The zero-order valence-electron chi connectivity index (χ0n) is 6.68. The second-order valence-electron chi connectivity index (χ2n) is 2.97. The highest BCUT2D eigenvalue weighted by atomic mass is 19.1. The van der Waals surface area contributed by atoms with E-state index in [1.54, 1.807) is 12.1 Å². The summed E-state index contributed by atoms with van der Waals surface area (Å²) in [5, 5.41) is 0. The van der Waals surface area contributed by atoms with Crippen LogP contribution in [0, 0.1) is 5.82 Å². The number of halogens is 1. The van der Waals surface area contributed by atoms with E-state index in [0.29, 0.717) is 0 Å². The summed E-state index contributed by atoms with van der Waals surface area (Å²) < 4.78 is 12.8. The van der Waals surface area contributed by atoms with Crippen LogP contribution >= 0.6 is 0 Å². The number of benzene rings is 1. The lowest BCUT2D eigenvalue weighted by atomic mass is 10.1. The van der Waals surface area contributed by atoms with Gasteiger partial charge >= 0.3 is 0 Å². The third kappa shape index (κ3) is 1.47. The van der Waals surface area contributed by atoms with Crippen LogP contribution in [0.2, 0.25) is 0 Å². The normalized spacial score (nSPS) is 22.9. The maximum Gasteiger partial charge on any atom is 0.123 e. The molecule has 1 aliphatic rings. The summed E-state index contributed by atoms with van der Waals surface area (Å²) in [6.07, 6.45) is 1.02. The Morgan fingerprint density at radius 2 is 2.33 bits per heavy atom. The molecule has 1 unspecified atom stereocenters. The largest absolute Gasteiger partial charge is 0.257 e. The van der Waals surface area contributed by atoms with E-state index in [-0.39, 0.29) is 11.9 Å². The molecule has 1 fully saturated rings. The van der Waals surface area contributed by atoms with Crippen LogP contribution in [-0.4, -0.2) is 6.54 Å². The first-order valence-corrected chi connectivity index (χ1v) is 4.10. The standard InChI is InChI=1S/C9H11FN2/c10-8-3-1-2-7(6-8)9-4-5-11-12-9/h1-3,6,9,11-12H,4-5H2. The maximum atomic E-state index is 12.8. The third-order valence-corrected chi connectivity index (χ3v) is 2.09. The third-order valence-electron chi connectivity index (χ3n) is 2.09. The summed E-state index contributed by atoms with van der Waals surface area (Å²) in [5.74, 6) is -0.166. The van der Waals surface area contributed by atoms with Crippen LogP contribution in [0.15, 0.2) is 24.3 Å². The van der Waals surface area contributed by atoms with Crippen LogP contribution in [-0.2, 0) is 0 Å². The van der Waals surface area contributed by atoms with E-state index >= 15 is 0 Å². The Morgan fingerprint density at radius 1 is 1.42 bits per heavy atom. The summed E-state index contributed by atoms with van der Waals surface area (Å²) in [6, 6.07) is 6.98. The SMILES string of the molecule is Fc1cccc(C2CCNN2)c1. The molecule has 1 aromatic carbocycles. The van der Waals surface area contributed by atoms with Gasteiger partial charge in [0, 0.05) is 12.6 Å². The van der Waals surface area contributed by atoms with Crippen LogP contribution in [0.4, 0.5) is 4.39 Å². The fourth-order valence-corrected chi connectivity index (χ4v) is 1.46. The molecule has 12 heavy (non-hydrogen) atoms. The second-order valence-corrected chi connectivity index (χ2v) is 2.97. The quantitative estimate of drug-likeness (QED) is 0.658. The zero-order chi connectivity index (χ0) is 8.39. The van der Waals surface area contributed by atoms with E-state index in [0.717, 1.165) is 18.5 Å². The molecule has 1 aliphatic heterocycles. The predicted molar refractivity (Wildman–Crippen MR) is 44.9 cm³/mol. The molecule has 0 saturated carbocycles. The number of hydrogen-bond donors (Lipinski definition) is 2. The van der Waals surface area contributed by atoms with Crippen molar-refractivity contribution in [3.63, 3.8) is 0 Å². The van der Waals surface area contributed by atoms with Gasteiger partial charge in [-0.2, -0.15) is 0 Å². The van der Waals surface area contributed by atoms with Gasteiger partial charge in [-0.25, -0.2) is 4.39 Å². The zero-order valence-corrected chi connectivity index (χ0v) is 6.68. The van der Waals surface area contributed by atoms with Gasteiger partial charge in [0.05, 0.1) is 0 Å². The lowest BCUT2D eigenvalue weighted by Crippen LogP contribution is -2.24. The molecule has 2 nitrogen and oxygen atoms in total. The van der Waals surface area contributed by atoms with Crippen LogP contribution in [0.25, 0.3) is 0 Å². The highest BCUT2D eigenvalue weighted by Gasteiger charge is 2.15. The Hall–Kier alpha value is -0.930. The maximum absolute atomic E-state index is 12.8. The minimum atomic E-state index is -0.166. The molecule has 64 valence electrons. The molecule has 0 radical (unpaired) electrons. The summed E-state index contributed by atoms with van der Waals surface area (Å²) >= 11 is 0. The van der Waals surface area contributed by atoms with Gasteiger partial charge in [0.15, 0.2) is 0 Å². The van der Waals surface area contributed by atoms with Crippen LogP contribution in [0.3, 0.4) is 0 Å². The fraction of sp³-hybridized carbons (Fsp3) is 0.333. The molecule has 0 aliphatic carbocycles. The van der Waals surface area contributed by atoms with Crippen molar-refractivity contribution in [2.24, 2.45) is 0 Å². The Kier molecular flexibility index (Phi) is 2.06. The van der Waals surface area contributed by atoms with E-state index < -0.39 is 0 Å². The van der Waals surface area contributed by atoms with Gasteiger partial charge in [0.25, 0.3) is 0 Å². The molecule has 0 aromatic heterocycles. The van der Waals surface area contributed by atoms with Gasteiger partial charge in [-0.05, 0) is 24.1 Å². The molecule has 2 rings (SSSR count). The molecule has 3 heteroatoms. The van der Waals surface area contributed by atoms with Crippen molar-refractivity contribution in [3.05, 3.63) is 35.6 Å². The molecule has 0 bridgehead atoms. The van der Waals surface area contributed by atoms with Crippen molar-refractivity contribution in [3.8, 4) is 0 Å². The van der Waals surface area contributed by atoms with Crippen molar-refractivity contribution < 1.29 is 4.39 Å². The molecule has 1 atom stereocenters. The minimum absolute atomic E-state index is 0.166. The summed E-state index contributed by atoms with van der Waals surface area (Å²) in [7, 11) is 0. The van der Waals surface area contributed by atoms with Crippen molar-refractivity contribution >= 4 is 0 Å². The van der Waals surface area contributed by atoms with E-state index in [2.05, 4.69) is 10.9 Å². The predicted octanol–water partition coefficient (Wildman–Crippen LogP) is 1.36. The first-order valence-electron chi connectivity index (χ1n) is 4.10. The van der Waals surface area contributed by atoms with Crippen molar-refractivity contribution in [2.45, 2.75) is 12.5 Å². The van der Waals surface area contributed by atoms with Gasteiger partial charge in [0.2, 0.25) is 0 Å². The van der Waals surface area contributed by atoms with Crippen LogP contribution in [0.1, 0.15) is 18.0 Å². The number of nitrogens with one attached hydrogen (secondary N) is 2. The Bertz CT molecular complexity index is 269. The smallest absolute Gasteiger partial charge is 0.123 e. The van der Waals surface area contributed by atoms with E-state index in [1.165, 1.54) is 6.07 Å². The number of hydrazine groups is 1. The van der Waals surface area contributed by atoms with Crippen LogP contribution in [0.5, 0.6) is 0 Å². The van der Waals surface area contributed by atoms with Gasteiger partial charge in [-0.15, -0.1) is 0 Å². The highest BCUT2D eigenvalue weighted by molar-refractivity contribution is 5.20. The van der Waals surface area contributed by atoms with Crippen molar-refractivity contribution in [1.82, 2.24) is 10.9 Å². The molecule has 2 N–H and O–H groups in total. The average Bonchev–Trinajstić information content (AvgIpc) is 2.56. The van der Waals surface area contributed by atoms with Crippen molar-refractivity contribution in [2.75, 3.05) is 6.54 Å². The van der Waals surface area contributed by atoms with E-state index in [4.69, 9.17) is 0 Å². The van der Waals surface area contributed by atoms with Gasteiger partial charge in [-0.3, -0.25) is 10.9 Å². The molecule has 0 amide bonds. The minimum Gasteiger partial charge on any atom is -0.257 e. The molecule has 1 aromatic rings. The summed E-state index contributed by atoms with van der Waals surface area (Å²) in [5.41, 5.74) is 7.12. The molecule has 1 saturated heterocycles. The van der Waals surface area contributed by atoms with Crippen molar-refractivity contribution in [1.29, 1.82) is 0 Å². The van der Waals surface area contributed by atoms with Crippen LogP contribution < -0.4 is 10.9 Å². The first-order chi connectivity index (χ1) is 5.86. The summed E-state index contributed by atoms with van der Waals surface area (Å²) in [4.78, 5) is 0. The second kappa shape index (κ2) is 3.21. The van der Waals surface area contributed by atoms with Gasteiger partial charge in [0.1, 0.15) is 5.82 Å². The van der Waals surface area contributed by atoms with E-state index in [9.17, 15) is 4.39 Å². The lowest BCUT2D eigenvalue weighted by molar-refractivity contribution is 0.571. The Labute approximate surface area is 70.8 Å². The Balaban J connectivity index is 2.21.